The zero-order valence-corrected chi connectivity index (χ0v) is 16.2. The van der Waals surface area contributed by atoms with Gasteiger partial charge in [-0.3, -0.25) is 9.78 Å². The van der Waals surface area contributed by atoms with Crippen molar-refractivity contribution in [3.05, 3.63) is 66.0 Å². The van der Waals surface area contributed by atoms with Gasteiger partial charge in [-0.25, -0.2) is 0 Å². The Morgan fingerprint density at radius 1 is 1.20 bits per heavy atom. The number of nitrogens with one attached hydrogen (secondary N) is 2. The second kappa shape index (κ2) is 11.4. The normalized spacial score (nSPS) is 17.5. The molecular formula is C18H23Cl2N3OS. The van der Waals surface area contributed by atoms with E-state index in [1.165, 1.54) is 0 Å². The van der Waals surface area contributed by atoms with E-state index in [0.29, 0.717) is 6.42 Å². The lowest BCUT2D eigenvalue weighted by atomic mass is 10.00. The molecule has 0 spiro atoms. The number of hydrogen-bond donors (Lipinski definition) is 2. The Balaban J connectivity index is 0.00000156. The van der Waals surface area contributed by atoms with Crippen LogP contribution in [0.5, 0.6) is 0 Å². The fourth-order valence-electron chi connectivity index (χ4n) is 2.75. The maximum absolute atomic E-state index is 12.5. The molecule has 0 radical (unpaired) electrons. The van der Waals surface area contributed by atoms with Crippen molar-refractivity contribution >= 4 is 42.5 Å². The topological polar surface area (TPSA) is 54.0 Å². The summed E-state index contributed by atoms with van der Waals surface area (Å²) >= 11 is 1.90. The summed E-state index contributed by atoms with van der Waals surface area (Å²) in [4.78, 5) is 16.7. The molecule has 3 rings (SSSR count). The van der Waals surface area contributed by atoms with Gasteiger partial charge < -0.3 is 10.6 Å². The zero-order valence-electron chi connectivity index (χ0n) is 13.8. The molecule has 1 saturated heterocycles. The second-order valence-electron chi connectivity index (χ2n) is 5.63. The van der Waals surface area contributed by atoms with E-state index in [2.05, 4.69) is 15.6 Å². The lowest BCUT2D eigenvalue weighted by molar-refractivity contribution is -0.122. The lowest BCUT2D eigenvalue weighted by Gasteiger charge is -2.24. The van der Waals surface area contributed by atoms with E-state index in [0.717, 1.165) is 29.2 Å². The van der Waals surface area contributed by atoms with Crippen molar-refractivity contribution in [1.82, 2.24) is 15.6 Å². The molecule has 0 saturated carbocycles. The number of nitrogens with zero attached hydrogens (tertiary/aromatic N) is 1. The van der Waals surface area contributed by atoms with Crippen molar-refractivity contribution < 1.29 is 4.79 Å². The highest BCUT2D eigenvalue weighted by Gasteiger charge is 2.21. The van der Waals surface area contributed by atoms with E-state index < -0.39 is 0 Å². The molecule has 1 aliphatic heterocycles. The third kappa shape index (κ3) is 6.51. The molecule has 2 atom stereocenters. The number of carbonyl (C=O) groups excluding carboxylic acids is 1. The molecule has 7 heteroatoms. The second-order valence-corrected chi connectivity index (χ2v) is 6.78. The van der Waals surface area contributed by atoms with E-state index in [1.807, 2.05) is 60.4 Å². The van der Waals surface area contributed by atoms with Crippen LogP contribution in [0, 0.1) is 0 Å². The van der Waals surface area contributed by atoms with Crippen LogP contribution in [0.3, 0.4) is 0 Å². The highest BCUT2D eigenvalue weighted by atomic mass is 35.5. The average Bonchev–Trinajstić information content (AvgIpc) is 2.62. The van der Waals surface area contributed by atoms with Crippen molar-refractivity contribution in [3.63, 3.8) is 0 Å². The van der Waals surface area contributed by atoms with E-state index in [4.69, 9.17) is 0 Å². The van der Waals surface area contributed by atoms with E-state index in [-0.39, 0.29) is 42.8 Å². The molecule has 2 N–H and O–H groups in total. The molecule has 2 aromatic rings. The van der Waals surface area contributed by atoms with E-state index in [9.17, 15) is 4.79 Å². The van der Waals surface area contributed by atoms with Crippen molar-refractivity contribution in [2.24, 2.45) is 0 Å². The SMILES string of the molecule is Cl.Cl.O=C(CC1CSCCN1)NC(c1ccccc1)c1cccnc1. The Morgan fingerprint density at radius 2 is 1.96 bits per heavy atom. The Hall–Kier alpha value is -1.27. The number of halogens is 2. The van der Waals surface area contributed by atoms with E-state index >= 15 is 0 Å². The van der Waals surface area contributed by atoms with Crippen molar-refractivity contribution in [2.45, 2.75) is 18.5 Å². The van der Waals surface area contributed by atoms with Crippen LogP contribution in [0.15, 0.2) is 54.9 Å². The maximum Gasteiger partial charge on any atom is 0.222 e. The van der Waals surface area contributed by atoms with Gasteiger partial charge in [0.1, 0.15) is 0 Å². The van der Waals surface area contributed by atoms with Gasteiger partial charge in [0.15, 0.2) is 0 Å². The van der Waals surface area contributed by atoms with Gasteiger partial charge >= 0.3 is 0 Å². The van der Waals surface area contributed by atoms with Crippen molar-refractivity contribution in [3.8, 4) is 0 Å². The first-order valence-electron chi connectivity index (χ1n) is 7.88. The molecule has 1 aromatic carbocycles. The molecule has 2 heterocycles. The minimum absolute atomic E-state index is 0. The molecule has 1 aromatic heterocycles. The maximum atomic E-state index is 12.5. The Bertz CT molecular complexity index is 585. The molecule has 25 heavy (non-hydrogen) atoms. The number of pyridine rings is 1. The van der Waals surface area contributed by atoms with Gasteiger partial charge in [0.2, 0.25) is 5.91 Å². The summed E-state index contributed by atoms with van der Waals surface area (Å²) < 4.78 is 0. The van der Waals surface area contributed by atoms with Crippen LogP contribution in [0.2, 0.25) is 0 Å². The van der Waals surface area contributed by atoms with Gasteiger partial charge in [-0.1, -0.05) is 36.4 Å². The quantitative estimate of drug-likeness (QED) is 0.809. The molecule has 0 aliphatic carbocycles. The molecule has 1 fully saturated rings. The van der Waals surface area contributed by atoms with Crippen LogP contribution in [-0.2, 0) is 4.79 Å². The predicted octanol–water partition coefficient (Wildman–Crippen LogP) is 3.23. The number of aromatic nitrogens is 1. The molecule has 2 unspecified atom stereocenters. The van der Waals surface area contributed by atoms with Crippen LogP contribution in [0.4, 0.5) is 0 Å². The van der Waals surface area contributed by atoms with Crippen LogP contribution in [-0.4, -0.2) is 35.0 Å². The highest BCUT2D eigenvalue weighted by Crippen LogP contribution is 2.21. The number of carbonyl (C=O) groups is 1. The van der Waals surface area contributed by atoms with Gasteiger partial charge in [0, 0.05) is 42.9 Å². The molecule has 1 amide bonds. The molecule has 0 bridgehead atoms. The van der Waals surface area contributed by atoms with Gasteiger partial charge in [-0.2, -0.15) is 11.8 Å². The molecule has 136 valence electrons. The molecule has 1 aliphatic rings. The summed E-state index contributed by atoms with van der Waals surface area (Å²) in [5.74, 6) is 2.19. The predicted molar refractivity (Wildman–Crippen MR) is 109 cm³/mol. The smallest absolute Gasteiger partial charge is 0.222 e. The number of amides is 1. The molecular weight excluding hydrogens is 377 g/mol. The number of benzene rings is 1. The minimum atomic E-state index is -0.159. The molecule has 4 nitrogen and oxygen atoms in total. The van der Waals surface area contributed by atoms with Crippen LogP contribution < -0.4 is 10.6 Å². The monoisotopic (exact) mass is 399 g/mol. The Kier molecular flexibility index (Phi) is 9.90. The minimum Gasteiger partial charge on any atom is -0.345 e. The van der Waals surface area contributed by atoms with Crippen molar-refractivity contribution in [1.29, 1.82) is 0 Å². The average molecular weight is 400 g/mol. The number of rotatable bonds is 5. The summed E-state index contributed by atoms with van der Waals surface area (Å²) in [5, 5.41) is 6.58. The first-order valence-corrected chi connectivity index (χ1v) is 9.04. The Labute approximate surface area is 165 Å². The standard InChI is InChI=1S/C18H21N3OS.2ClH/c22-17(11-16-13-23-10-9-20-16)21-18(14-5-2-1-3-6-14)15-7-4-8-19-12-15;;/h1-8,12,16,18,20H,9-11,13H2,(H,21,22);2*1H. The summed E-state index contributed by atoms with van der Waals surface area (Å²) in [7, 11) is 0. The van der Waals surface area contributed by atoms with Gasteiger partial charge in [0.25, 0.3) is 0 Å². The largest absolute Gasteiger partial charge is 0.345 e. The van der Waals surface area contributed by atoms with Crippen LogP contribution in [0.25, 0.3) is 0 Å². The van der Waals surface area contributed by atoms with Gasteiger partial charge in [-0.15, -0.1) is 24.8 Å². The van der Waals surface area contributed by atoms with E-state index in [1.54, 1.807) is 6.20 Å². The fourth-order valence-corrected chi connectivity index (χ4v) is 3.69. The number of thioether (sulfide) groups is 1. The third-order valence-corrected chi connectivity index (χ3v) is 5.02. The van der Waals surface area contributed by atoms with Gasteiger partial charge in [0.05, 0.1) is 6.04 Å². The summed E-state index contributed by atoms with van der Waals surface area (Å²) in [5.41, 5.74) is 2.07. The first kappa shape index (κ1) is 21.8. The first-order chi connectivity index (χ1) is 11.3. The summed E-state index contributed by atoms with van der Waals surface area (Å²) in [6, 6.07) is 14.0. The van der Waals surface area contributed by atoms with Crippen LogP contribution >= 0.6 is 36.6 Å². The summed E-state index contributed by atoms with van der Waals surface area (Å²) in [6.45, 7) is 0.979. The Morgan fingerprint density at radius 3 is 2.60 bits per heavy atom. The van der Waals surface area contributed by atoms with Crippen LogP contribution in [0.1, 0.15) is 23.6 Å². The summed E-state index contributed by atoms with van der Waals surface area (Å²) in [6.07, 6.45) is 4.07. The third-order valence-electron chi connectivity index (χ3n) is 3.89. The number of hydrogen-bond acceptors (Lipinski definition) is 4. The lowest BCUT2D eigenvalue weighted by Crippen LogP contribution is -2.42. The zero-order chi connectivity index (χ0) is 15.9. The fraction of sp³-hybridized carbons (Fsp3) is 0.333. The van der Waals surface area contributed by atoms with Gasteiger partial charge in [-0.05, 0) is 17.2 Å². The van der Waals surface area contributed by atoms with Crippen molar-refractivity contribution in [2.75, 3.05) is 18.1 Å². The highest BCUT2D eigenvalue weighted by molar-refractivity contribution is 7.99.